The van der Waals surface area contributed by atoms with Crippen molar-refractivity contribution in [2.24, 2.45) is 0 Å². The first kappa shape index (κ1) is 18.9. The van der Waals surface area contributed by atoms with Crippen LogP contribution < -0.4 is 19.5 Å². The molecule has 2 aromatic carbocycles. The molecule has 0 heterocycles. The Bertz CT molecular complexity index is 738. The molecule has 0 radical (unpaired) electrons. The van der Waals surface area contributed by atoms with E-state index in [-0.39, 0.29) is 12.5 Å². The molecule has 0 fully saturated rings. The van der Waals surface area contributed by atoms with Gasteiger partial charge in [0, 0.05) is 11.6 Å². The summed E-state index contributed by atoms with van der Waals surface area (Å²) >= 11 is 5.99. The van der Waals surface area contributed by atoms with Gasteiger partial charge in [-0.15, -0.1) is 0 Å². The first-order chi connectivity index (χ1) is 11.9. The van der Waals surface area contributed by atoms with Gasteiger partial charge in [-0.05, 0) is 54.8 Å². The van der Waals surface area contributed by atoms with E-state index < -0.39 is 0 Å². The highest BCUT2D eigenvalue weighted by Crippen LogP contribution is 2.28. The zero-order chi connectivity index (χ0) is 18.4. The summed E-state index contributed by atoms with van der Waals surface area (Å²) in [6, 6.07) is 9.12. The van der Waals surface area contributed by atoms with E-state index in [1.807, 2.05) is 38.1 Å². The molecule has 134 valence electrons. The zero-order valence-corrected chi connectivity index (χ0v) is 15.6. The molecule has 6 heteroatoms. The summed E-state index contributed by atoms with van der Waals surface area (Å²) in [7, 11) is 3.15. The van der Waals surface area contributed by atoms with E-state index in [2.05, 4.69) is 5.32 Å². The number of halogens is 1. The Morgan fingerprint density at radius 2 is 1.68 bits per heavy atom. The number of nitrogens with one attached hydrogen (secondary N) is 1. The highest BCUT2D eigenvalue weighted by Gasteiger charge is 2.10. The number of carbonyl (C=O) groups excluding carboxylic acids is 1. The summed E-state index contributed by atoms with van der Waals surface area (Å²) in [6.45, 7) is 4.11. The van der Waals surface area contributed by atoms with Crippen LogP contribution in [0.25, 0.3) is 0 Å². The van der Waals surface area contributed by atoms with Gasteiger partial charge in [0.05, 0.1) is 14.2 Å². The summed E-state index contributed by atoms with van der Waals surface area (Å²) in [6.07, 6.45) is 0. The minimum absolute atomic E-state index is 0.0589. The summed E-state index contributed by atoms with van der Waals surface area (Å²) in [5, 5.41) is 3.47. The molecule has 0 aliphatic carbocycles. The fourth-order valence-electron chi connectivity index (χ4n) is 2.51. The topological polar surface area (TPSA) is 56.8 Å². The van der Waals surface area contributed by atoms with Gasteiger partial charge in [0.25, 0.3) is 5.91 Å². The minimum Gasteiger partial charge on any atom is -0.493 e. The third kappa shape index (κ3) is 5.03. The van der Waals surface area contributed by atoms with Gasteiger partial charge >= 0.3 is 0 Å². The Balaban J connectivity index is 1.91. The van der Waals surface area contributed by atoms with Crippen LogP contribution >= 0.6 is 11.6 Å². The van der Waals surface area contributed by atoms with Gasteiger partial charge < -0.3 is 19.5 Å². The molecule has 0 aliphatic rings. The lowest BCUT2D eigenvalue weighted by molar-refractivity contribution is -0.123. The van der Waals surface area contributed by atoms with Crippen molar-refractivity contribution in [1.82, 2.24) is 5.32 Å². The Hall–Kier alpha value is -2.40. The van der Waals surface area contributed by atoms with Gasteiger partial charge in [0.1, 0.15) is 5.75 Å². The second-order valence-corrected chi connectivity index (χ2v) is 6.06. The largest absolute Gasteiger partial charge is 0.493 e. The molecular weight excluding hydrogens is 342 g/mol. The Morgan fingerprint density at radius 3 is 2.28 bits per heavy atom. The summed E-state index contributed by atoms with van der Waals surface area (Å²) in [4.78, 5) is 12.0. The minimum atomic E-state index is -0.205. The summed E-state index contributed by atoms with van der Waals surface area (Å²) < 4.78 is 16.1. The highest BCUT2D eigenvalue weighted by molar-refractivity contribution is 6.30. The highest BCUT2D eigenvalue weighted by atomic mass is 35.5. The predicted octanol–water partition coefficient (Wildman–Crippen LogP) is 3.67. The molecule has 0 saturated carbocycles. The standard InChI is InChI=1S/C19H22ClNO4/c1-12-7-15(20)8-13(2)19(12)25-11-18(22)21-10-14-5-6-16(23-3)17(9-14)24-4/h5-9H,10-11H2,1-4H3,(H,21,22). The third-order valence-corrected chi connectivity index (χ3v) is 3.93. The van der Waals surface area contributed by atoms with Gasteiger partial charge in [-0.2, -0.15) is 0 Å². The van der Waals surface area contributed by atoms with E-state index in [9.17, 15) is 4.79 Å². The lowest BCUT2D eigenvalue weighted by atomic mass is 10.1. The molecule has 0 spiro atoms. The average molecular weight is 364 g/mol. The number of amides is 1. The van der Waals surface area contributed by atoms with Gasteiger partial charge in [-0.1, -0.05) is 17.7 Å². The molecule has 25 heavy (non-hydrogen) atoms. The number of methoxy groups -OCH3 is 2. The fraction of sp³-hybridized carbons (Fsp3) is 0.316. The van der Waals surface area contributed by atoms with Crippen molar-refractivity contribution in [1.29, 1.82) is 0 Å². The smallest absolute Gasteiger partial charge is 0.258 e. The second-order valence-electron chi connectivity index (χ2n) is 5.62. The molecule has 1 N–H and O–H groups in total. The maximum atomic E-state index is 12.0. The van der Waals surface area contributed by atoms with Crippen molar-refractivity contribution >= 4 is 17.5 Å². The van der Waals surface area contributed by atoms with Crippen LogP contribution in [0.1, 0.15) is 16.7 Å². The van der Waals surface area contributed by atoms with E-state index in [0.29, 0.717) is 28.8 Å². The van der Waals surface area contributed by atoms with Crippen molar-refractivity contribution < 1.29 is 19.0 Å². The number of hydrogen-bond acceptors (Lipinski definition) is 4. The van der Waals surface area contributed by atoms with Gasteiger partial charge in [-0.25, -0.2) is 0 Å². The van der Waals surface area contributed by atoms with Crippen LogP contribution in [0, 0.1) is 13.8 Å². The monoisotopic (exact) mass is 363 g/mol. The maximum Gasteiger partial charge on any atom is 0.258 e. The normalized spacial score (nSPS) is 10.3. The molecule has 0 unspecified atom stereocenters. The molecule has 2 aromatic rings. The quantitative estimate of drug-likeness (QED) is 0.815. The predicted molar refractivity (Wildman–Crippen MR) is 97.8 cm³/mol. The van der Waals surface area contributed by atoms with E-state index in [4.69, 9.17) is 25.8 Å². The molecule has 0 aromatic heterocycles. The van der Waals surface area contributed by atoms with Crippen molar-refractivity contribution in [2.45, 2.75) is 20.4 Å². The molecule has 5 nitrogen and oxygen atoms in total. The van der Waals surface area contributed by atoms with Crippen molar-refractivity contribution in [3.8, 4) is 17.2 Å². The third-order valence-electron chi connectivity index (χ3n) is 3.71. The van der Waals surface area contributed by atoms with E-state index in [0.717, 1.165) is 16.7 Å². The molecule has 0 saturated heterocycles. The van der Waals surface area contributed by atoms with E-state index >= 15 is 0 Å². The van der Waals surface area contributed by atoms with Crippen LogP contribution in [0.2, 0.25) is 5.02 Å². The Labute approximate surface area is 152 Å². The summed E-state index contributed by atoms with van der Waals surface area (Å²) in [5.41, 5.74) is 2.71. The molecule has 0 aliphatic heterocycles. The van der Waals surface area contributed by atoms with Crippen molar-refractivity contribution in [3.63, 3.8) is 0 Å². The number of carbonyl (C=O) groups is 1. The molecule has 0 atom stereocenters. The van der Waals surface area contributed by atoms with Gasteiger partial charge in [-0.3, -0.25) is 4.79 Å². The van der Waals surface area contributed by atoms with Crippen LogP contribution in [-0.4, -0.2) is 26.7 Å². The SMILES string of the molecule is COc1ccc(CNC(=O)COc2c(C)cc(Cl)cc2C)cc1OC. The molecular formula is C19H22ClNO4. The van der Waals surface area contributed by atoms with E-state index in [1.54, 1.807) is 20.3 Å². The maximum absolute atomic E-state index is 12.0. The van der Waals surface area contributed by atoms with Crippen LogP contribution in [0.3, 0.4) is 0 Å². The molecule has 2 rings (SSSR count). The number of rotatable bonds is 7. The number of aryl methyl sites for hydroxylation is 2. The Kier molecular flexibility index (Phi) is 6.53. The second kappa shape index (κ2) is 8.62. The zero-order valence-electron chi connectivity index (χ0n) is 14.8. The van der Waals surface area contributed by atoms with Crippen LogP contribution in [0.5, 0.6) is 17.2 Å². The average Bonchev–Trinajstić information content (AvgIpc) is 2.58. The first-order valence-corrected chi connectivity index (χ1v) is 8.19. The van der Waals surface area contributed by atoms with Crippen LogP contribution in [0.15, 0.2) is 30.3 Å². The van der Waals surface area contributed by atoms with Gasteiger partial charge in [0.15, 0.2) is 18.1 Å². The molecule has 0 bridgehead atoms. The van der Waals surface area contributed by atoms with E-state index in [1.165, 1.54) is 0 Å². The number of ether oxygens (including phenoxy) is 3. The van der Waals surface area contributed by atoms with Crippen molar-refractivity contribution in [3.05, 3.63) is 52.0 Å². The fourth-order valence-corrected chi connectivity index (χ4v) is 2.83. The van der Waals surface area contributed by atoms with Crippen LogP contribution in [0.4, 0.5) is 0 Å². The lowest BCUT2D eigenvalue weighted by Crippen LogP contribution is -2.28. The number of benzene rings is 2. The number of hydrogen-bond donors (Lipinski definition) is 1. The summed E-state index contributed by atoms with van der Waals surface area (Å²) in [5.74, 6) is 1.75. The van der Waals surface area contributed by atoms with Crippen LogP contribution in [-0.2, 0) is 11.3 Å². The first-order valence-electron chi connectivity index (χ1n) is 7.81. The molecule has 1 amide bonds. The lowest BCUT2D eigenvalue weighted by Gasteiger charge is -2.13. The Morgan fingerprint density at radius 1 is 1.04 bits per heavy atom. The van der Waals surface area contributed by atoms with Gasteiger partial charge in [0.2, 0.25) is 0 Å². The van der Waals surface area contributed by atoms with Crippen molar-refractivity contribution in [2.75, 3.05) is 20.8 Å².